The van der Waals surface area contributed by atoms with E-state index in [0.29, 0.717) is 19.3 Å². The summed E-state index contributed by atoms with van der Waals surface area (Å²) in [4.78, 5) is 23.8. The highest BCUT2D eigenvalue weighted by Gasteiger charge is 2.12. The van der Waals surface area contributed by atoms with Crippen molar-refractivity contribution in [1.82, 2.24) is 0 Å². The summed E-state index contributed by atoms with van der Waals surface area (Å²) < 4.78 is 10.2. The topological polar surface area (TPSA) is 93.1 Å². The summed E-state index contributed by atoms with van der Waals surface area (Å²) in [5.74, 6) is 0.149. The van der Waals surface area contributed by atoms with Gasteiger partial charge in [-0.1, -0.05) is 139 Å². The van der Waals surface area contributed by atoms with Crippen LogP contribution in [0.3, 0.4) is 0 Å². The van der Waals surface area contributed by atoms with E-state index in [1.807, 2.05) is 37.3 Å². The molecule has 0 radical (unpaired) electrons. The summed E-state index contributed by atoms with van der Waals surface area (Å²) in [7, 11) is 0. The van der Waals surface area contributed by atoms with Crippen molar-refractivity contribution in [3.8, 4) is 0 Å². The Balaban J connectivity index is 3.63. The molecule has 0 aromatic rings. The summed E-state index contributed by atoms with van der Waals surface area (Å²) in [6.07, 6.45) is 36.2. The molecule has 0 spiro atoms. The Morgan fingerprint density at radius 3 is 1.77 bits per heavy atom. The van der Waals surface area contributed by atoms with Gasteiger partial charge in [-0.2, -0.15) is 0 Å². The minimum Gasteiger partial charge on any atom is -0.463 e. The van der Waals surface area contributed by atoms with Crippen molar-refractivity contribution in [2.75, 3.05) is 13.2 Å². The van der Waals surface area contributed by atoms with Crippen molar-refractivity contribution >= 4 is 11.9 Å². The first-order valence-corrected chi connectivity index (χ1v) is 17.3. The smallest absolute Gasteiger partial charge is 0.305 e. The van der Waals surface area contributed by atoms with Crippen LogP contribution in [0.25, 0.3) is 0 Å². The molecule has 44 heavy (non-hydrogen) atoms. The Kier molecular flexibility index (Phi) is 30.2. The number of ether oxygens (including phenoxy) is 2. The molecule has 2 N–H and O–H groups in total. The molecular weight excluding hydrogens is 552 g/mol. The summed E-state index contributed by atoms with van der Waals surface area (Å²) in [6.45, 7) is 6.30. The quantitative estimate of drug-likeness (QED) is 0.0377. The van der Waals surface area contributed by atoms with Crippen LogP contribution in [0, 0.1) is 5.92 Å². The summed E-state index contributed by atoms with van der Waals surface area (Å²) in [5.41, 5.74) is 0. The fraction of sp³-hybridized carbons (Fsp3) is 0.684. The third-order valence-corrected chi connectivity index (χ3v) is 7.02. The van der Waals surface area contributed by atoms with E-state index >= 15 is 0 Å². The Morgan fingerprint density at radius 1 is 0.636 bits per heavy atom. The van der Waals surface area contributed by atoms with E-state index in [0.717, 1.165) is 50.9 Å². The van der Waals surface area contributed by atoms with Crippen LogP contribution in [-0.2, 0) is 19.1 Å². The van der Waals surface area contributed by atoms with E-state index in [-0.39, 0.29) is 31.6 Å². The lowest BCUT2D eigenvalue weighted by Gasteiger charge is -2.12. The van der Waals surface area contributed by atoms with Gasteiger partial charge in [0.25, 0.3) is 0 Å². The molecule has 0 aliphatic carbocycles. The van der Waals surface area contributed by atoms with Crippen LogP contribution in [0.4, 0.5) is 0 Å². The first kappa shape index (κ1) is 41.6. The number of carbonyl (C=O) groups excluding carboxylic acids is 2. The maximum Gasteiger partial charge on any atom is 0.305 e. The zero-order chi connectivity index (χ0) is 32.5. The number of hydrogen-bond donors (Lipinski definition) is 2. The van der Waals surface area contributed by atoms with Gasteiger partial charge in [0.15, 0.2) is 0 Å². The van der Waals surface area contributed by atoms with Crippen LogP contribution >= 0.6 is 0 Å². The van der Waals surface area contributed by atoms with E-state index in [4.69, 9.17) is 9.47 Å². The van der Waals surface area contributed by atoms with Gasteiger partial charge in [-0.15, -0.1) is 0 Å². The molecule has 252 valence electrons. The average Bonchev–Trinajstić information content (AvgIpc) is 3.00. The first-order chi connectivity index (χ1) is 21.3. The molecule has 0 aromatic heterocycles. The Labute approximate surface area is 269 Å². The molecule has 0 aliphatic rings. The van der Waals surface area contributed by atoms with E-state index in [1.165, 1.54) is 44.9 Å². The molecule has 0 amide bonds. The fourth-order valence-corrected chi connectivity index (χ4v) is 4.38. The van der Waals surface area contributed by atoms with Gasteiger partial charge in [0.05, 0.1) is 6.10 Å². The second-order valence-electron chi connectivity index (χ2n) is 11.9. The van der Waals surface area contributed by atoms with Gasteiger partial charge in [0.1, 0.15) is 19.3 Å². The van der Waals surface area contributed by atoms with E-state index < -0.39 is 12.2 Å². The molecule has 0 rings (SSSR count). The van der Waals surface area contributed by atoms with Crippen LogP contribution in [0.15, 0.2) is 60.8 Å². The molecule has 0 saturated heterocycles. The number of esters is 2. The molecule has 6 heteroatoms. The molecule has 1 unspecified atom stereocenters. The summed E-state index contributed by atoms with van der Waals surface area (Å²) >= 11 is 0. The van der Waals surface area contributed by atoms with Crippen molar-refractivity contribution in [2.45, 2.75) is 149 Å². The van der Waals surface area contributed by atoms with Crippen molar-refractivity contribution in [1.29, 1.82) is 0 Å². The van der Waals surface area contributed by atoms with Crippen LogP contribution in [0.2, 0.25) is 0 Å². The van der Waals surface area contributed by atoms with Gasteiger partial charge in [-0.25, -0.2) is 0 Å². The Hall–Kier alpha value is -2.44. The number of rotatable bonds is 29. The third-order valence-electron chi connectivity index (χ3n) is 7.02. The molecular formula is C38H64O6. The number of allylic oxidation sites excluding steroid dienone is 8. The fourth-order valence-electron chi connectivity index (χ4n) is 4.38. The normalized spacial score (nSPS) is 13.8. The molecule has 0 fully saturated rings. The third kappa shape index (κ3) is 32.5. The molecule has 2 atom stereocenters. The maximum atomic E-state index is 11.9. The first-order valence-electron chi connectivity index (χ1n) is 17.3. The highest BCUT2D eigenvalue weighted by molar-refractivity contribution is 5.69. The van der Waals surface area contributed by atoms with Crippen molar-refractivity contribution < 1.29 is 29.3 Å². The second-order valence-corrected chi connectivity index (χ2v) is 11.9. The predicted octanol–water partition coefficient (Wildman–Crippen LogP) is 9.27. The monoisotopic (exact) mass is 616 g/mol. The lowest BCUT2D eigenvalue weighted by Crippen LogP contribution is -2.25. The number of aliphatic hydroxyl groups excluding tert-OH is 2. The highest BCUT2D eigenvalue weighted by Crippen LogP contribution is 2.13. The second kappa shape index (κ2) is 32.0. The lowest BCUT2D eigenvalue weighted by molar-refractivity contribution is -0.152. The summed E-state index contributed by atoms with van der Waals surface area (Å²) in [6, 6.07) is 0. The Bertz CT molecular complexity index is 823. The number of aliphatic hydroxyl groups is 2. The van der Waals surface area contributed by atoms with Crippen molar-refractivity contribution in [3.63, 3.8) is 0 Å². The molecule has 0 saturated carbocycles. The number of carbonyl (C=O) groups is 2. The van der Waals surface area contributed by atoms with Crippen molar-refractivity contribution in [3.05, 3.63) is 60.8 Å². The van der Waals surface area contributed by atoms with Crippen LogP contribution in [0.5, 0.6) is 0 Å². The SMILES string of the molecule is CC/C=C\C(O)C/C=C/C=C\C/C=C\C/C=C\CCCC(=O)OC[C@@H](O)COC(=O)CCCCCCCCCCCC(C)C. The number of unbranched alkanes of at least 4 members (excludes halogenated alkanes) is 9. The minimum atomic E-state index is -0.998. The maximum absolute atomic E-state index is 11.9. The van der Waals surface area contributed by atoms with Gasteiger partial charge in [-0.3, -0.25) is 9.59 Å². The molecule has 6 nitrogen and oxygen atoms in total. The predicted molar refractivity (Wildman–Crippen MR) is 183 cm³/mol. The van der Waals surface area contributed by atoms with Crippen molar-refractivity contribution in [2.24, 2.45) is 5.92 Å². The molecule has 0 aromatic carbocycles. The van der Waals surface area contributed by atoms with Crippen LogP contribution in [-0.4, -0.2) is 47.6 Å². The molecule has 0 aliphatic heterocycles. The minimum absolute atomic E-state index is 0.146. The van der Waals surface area contributed by atoms with Crippen LogP contribution < -0.4 is 0 Å². The van der Waals surface area contributed by atoms with Gasteiger partial charge >= 0.3 is 11.9 Å². The molecule has 0 heterocycles. The lowest BCUT2D eigenvalue weighted by atomic mass is 10.0. The van der Waals surface area contributed by atoms with Gasteiger partial charge in [0, 0.05) is 12.8 Å². The van der Waals surface area contributed by atoms with E-state index in [2.05, 4.69) is 44.2 Å². The largest absolute Gasteiger partial charge is 0.463 e. The molecule has 0 bridgehead atoms. The van der Waals surface area contributed by atoms with E-state index in [1.54, 1.807) is 0 Å². The van der Waals surface area contributed by atoms with E-state index in [9.17, 15) is 19.8 Å². The van der Waals surface area contributed by atoms with Crippen LogP contribution in [0.1, 0.15) is 136 Å². The van der Waals surface area contributed by atoms with Gasteiger partial charge < -0.3 is 19.7 Å². The highest BCUT2D eigenvalue weighted by atomic mass is 16.6. The zero-order valence-electron chi connectivity index (χ0n) is 28.2. The Morgan fingerprint density at radius 2 is 1.16 bits per heavy atom. The zero-order valence-corrected chi connectivity index (χ0v) is 28.2. The van der Waals surface area contributed by atoms with Gasteiger partial charge in [-0.05, 0) is 50.9 Å². The average molecular weight is 617 g/mol. The standard InChI is InChI=1S/C38H64O6/c1-4-5-28-35(39)29-24-20-16-12-8-6-7-9-13-17-21-25-30-37(41)43-32-36(40)33-44-38(42)31-26-22-18-14-10-11-15-19-23-27-34(2)3/h5-7,12-13,16-17,20,24,28,34-36,39-40H,4,8-11,14-15,18-19,21-23,25-27,29-33H2,1-3H3/b7-6-,16-12-,17-13-,24-20+,28-5-/t35?,36-/m1/s1. The summed E-state index contributed by atoms with van der Waals surface area (Å²) in [5, 5.41) is 19.7. The van der Waals surface area contributed by atoms with Gasteiger partial charge in [0.2, 0.25) is 0 Å². The number of hydrogen-bond acceptors (Lipinski definition) is 6.